The van der Waals surface area contributed by atoms with Crippen molar-refractivity contribution >= 4 is 38.6 Å². The van der Waals surface area contributed by atoms with Gasteiger partial charge in [-0.05, 0) is 29.8 Å². The normalized spacial score (nSPS) is 16.8. The van der Waals surface area contributed by atoms with Crippen molar-refractivity contribution in [3.05, 3.63) is 48.8 Å². The first-order valence-corrected chi connectivity index (χ1v) is 8.74. The number of pyridine rings is 1. The summed E-state index contributed by atoms with van der Waals surface area (Å²) in [6.07, 6.45) is 4.83. The molecule has 1 N–H and O–H groups in total. The molecule has 0 spiro atoms. The van der Waals surface area contributed by atoms with Crippen LogP contribution in [0.5, 0.6) is 0 Å². The van der Waals surface area contributed by atoms with Crippen LogP contribution in [-0.2, 0) is 15.8 Å². The van der Waals surface area contributed by atoms with Crippen LogP contribution in [0.3, 0.4) is 0 Å². The Morgan fingerprint density at radius 2 is 1.92 bits per heavy atom. The maximum Gasteiger partial charge on any atom is 0.258 e. The molecule has 25 heavy (non-hydrogen) atoms. The lowest BCUT2D eigenvalue weighted by atomic mass is 10.1. The molecule has 1 aliphatic heterocycles. The van der Waals surface area contributed by atoms with Crippen molar-refractivity contribution in [2.45, 2.75) is 0 Å². The van der Waals surface area contributed by atoms with Crippen LogP contribution in [0.2, 0.25) is 0 Å². The van der Waals surface area contributed by atoms with E-state index in [4.69, 9.17) is 0 Å². The Labute approximate surface area is 146 Å². The van der Waals surface area contributed by atoms with Crippen LogP contribution >= 0.6 is 0 Å². The fourth-order valence-corrected chi connectivity index (χ4v) is 3.55. The standard InChI is InChI=1S/C17H15N5O2S/c1-21(2)15-6-4-12(9-18-15)11-3-5-14-13(7-11)10-19-22(14)17-8-16(23)20-25(17)24/h3-10H,1-2H3,(H,20,23). The Bertz CT molecular complexity index is 1040. The van der Waals surface area contributed by atoms with E-state index >= 15 is 0 Å². The Hall–Kier alpha value is -3.00. The van der Waals surface area contributed by atoms with E-state index in [1.165, 1.54) is 10.8 Å². The molecular formula is C17H15N5O2S. The molecule has 1 atom stereocenters. The molecule has 1 aliphatic rings. The smallest absolute Gasteiger partial charge is 0.258 e. The largest absolute Gasteiger partial charge is 0.363 e. The molecule has 0 saturated carbocycles. The number of hydrogen-bond acceptors (Lipinski definition) is 5. The van der Waals surface area contributed by atoms with Gasteiger partial charge in [0.05, 0.1) is 11.7 Å². The molecule has 4 rings (SSSR count). The number of aromatic nitrogens is 3. The molecule has 0 saturated heterocycles. The molecule has 0 radical (unpaired) electrons. The van der Waals surface area contributed by atoms with Gasteiger partial charge in [-0.2, -0.15) is 5.10 Å². The first kappa shape index (κ1) is 15.5. The summed E-state index contributed by atoms with van der Waals surface area (Å²) < 4.78 is 15.8. The second-order valence-electron chi connectivity index (χ2n) is 5.85. The number of anilines is 1. The average Bonchev–Trinajstić information content (AvgIpc) is 3.16. The van der Waals surface area contributed by atoms with Crippen LogP contribution in [0.1, 0.15) is 0 Å². The second kappa shape index (κ2) is 5.82. The van der Waals surface area contributed by atoms with E-state index in [1.54, 1.807) is 6.20 Å². The van der Waals surface area contributed by atoms with Crippen molar-refractivity contribution in [2.75, 3.05) is 19.0 Å². The minimum absolute atomic E-state index is 0.338. The average molecular weight is 353 g/mol. The molecule has 126 valence electrons. The number of nitrogens with one attached hydrogen (secondary N) is 1. The lowest BCUT2D eigenvalue weighted by Gasteiger charge is -2.11. The Kier molecular flexibility index (Phi) is 3.61. The van der Waals surface area contributed by atoms with Crippen molar-refractivity contribution in [1.29, 1.82) is 0 Å². The molecule has 8 heteroatoms. The fraction of sp³-hybridized carbons (Fsp3) is 0.118. The monoisotopic (exact) mass is 353 g/mol. The van der Waals surface area contributed by atoms with E-state index < -0.39 is 11.0 Å². The van der Waals surface area contributed by atoms with E-state index in [1.807, 2.05) is 55.5 Å². The van der Waals surface area contributed by atoms with Crippen LogP contribution in [0.25, 0.3) is 27.1 Å². The van der Waals surface area contributed by atoms with Crippen molar-refractivity contribution in [1.82, 2.24) is 19.5 Å². The van der Waals surface area contributed by atoms with E-state index in [0.717, 1.165) is 27.8 Å². The highest BCUT2D eigenvalue weighted by Crippen LogP contribution is 2.27. The minimum Gasteiger partial charge on any atom is -0.363 e. The van der Waals surface area contributed by atoms with Gasteiger partial charge in [0.1, 0.15) is 5.82 Å². The lowest BCUT2D eigenvalue weighted by Crippen LogP contribution is -2.17. The van der Waals surface area contributed by atoms with Crippen molar-refractivity contribution in [3.8, 4) is 11.1 Å². The molecule has 3 heterocycles. The number of nitrogens with zero attached hydrogens (tertiary/aromatic N) is 4. The van der Waals surface area contributed by atoms with Gasteiger partial charge in [0.15, 0.2) is 16.0 Å². The molecule has 0 bridgehead atoms. The molecule has 7 nitrogen and oxygen atoms in total. The molecule has 3 aromatic rings. The van der Waals surface area contributed by atoms with Crippen molar-refractivity contribution in [2.24, 2.45) is 0 Å². The van der Waals surface area contributed by atoms with Crippen LogP contribution in [0, 0.1) is 0 Å². The number of hydrogen-bond donors (Lipinski definition) is 1. The third-order valence-corrected chi connectivity index (χ3v) is 5.01. The maximum atomic E-state index is 11.9. The summed E-state index contributed by atoms with van der Waals surface area (Å²) >= 11 is 0. The summed E-state index contributed by atoms with van der Waals surface area (Å²) in [5.74, 6) is 0.520. The quantitative estimate of drug-likeness (QED) is 0.776. The summed E-state index contributed by atoms with van der Waals surface area (Å²) in [5.41, 5.74) is 2.80. The zero-order chi connectivity index (χ0) is 17.6. The van der Waals surface area contributed by atoms with Crippen LogP contribution < -0.4 is 9.62 Å². The first-order chi connectivity index (χ1) is 12.0. The van der Waals surface area contributed by atoms with Gasteiger partial charge in [-0.3, -0.25) is 9.52 Å². The van der Waals surface area contributed by atoms with Gasteiger partial charge in [-0.15, -0.1) is 0 Å². The van der Waals surface area contributed by atoms with Crippen molar-refractivity contribution in [3.63, 3.8) is 0 Å². The molecule has 1 aromatic carbocycles. The summed E-state index contributed by atoms with van der Waals surface area (Å²) in [5, 5.41) is 5.51. The van der Waals surface area contributed by atoms with Gasteiger partial charge >= 0.3 is 0 Å². The predicted molar refractivity (Wildman–Crippen MR) is 97.8 cm³/mol. The van der Waals surface area contributed by atoms with E-state index in [2.05, 4.69) is 14.8 Å². The van der Waals surface area contributed by atoms with Gasteiger partial charge in [-0.25, -0.2) is 13.9 Å². The maximum absolute atomic E-state index is 11.9. The summed E-state index contributed by atoms with van der Waals surface area (Å²) in [7, 11) is 2.32. The molecule has 0 fully saturated rings. The highest BCUT2D eigenvalue weighted by atomic mass is 32.2. The van der Waals surface area contributed by atoms with E-state index in [-0.39, 0.29) is 5.91 Å². The zero-order valence-electron chi connectivity index (χ0n) is 13.6. The molecule has 2 aromatic heterocycles. The zero-order valence-corrected chi connectivity index (χ0v) is 14.4. The number of carbonyl (C=O) groups is 1. The first-order valence-electron chi connectivity index (χ1n) is 7.59. The van der Waals surface area contributed by atoms with Crippen LogP contribution in [0.15, 0.2) is 48.8 Å². The Morgan fingerprint density at radius 3 is 2.56 bits per heavy atom. The number of amides is 1. The highest BCUT2D eigenvalue weighted by molar-refractivity contribution is 7.93. The number of fused-ring (bicyclic) bond motifs is 1. The van der Waals surface area contributed by atoms with Crippen LogP contribution in [0.4, 0.5) is 5.82 Å². The van der Waals surface area contributed by atoms with E-state index in [9.17, 15) is 9.00 Å². The molecule has 1 unspecified atom stereocenters. The Balaban J connectivity index is 1.74. The fourth-order valence-electron chi connectivity index (χ4n) is 2.69. The van der Waals surface area contributed by atoms with Crippen molar-refractivity contribution < 1.29 is 9.00 Å². The highest BCUT2D eigenvalue weighted by Gasteiger charge is 2.23. The van der Waals surface area contributed by atoms with Crippen LogP contribution in [-0.4, -0.2) is 39.0 Å². The SMILES string of the molecule is CN(C)c1ccc(-c2ccc3c(cnn3C3=CC(=O)NS3=O)c2)cn1. The molecular weight excluding hydrogens is 338 g/mol. The van der Waals surface area contributed by atoms with Gasteiger partial charge in [0.25, 0.3) is 5.91 Å². The number of benzene rings is 1. The number of rotatable bonds is 3. The lowest BCUT2D eigenvalue weighted by molar-refractivity contribution is -0.114. The second-order valence-corrected chi connectivity index (χ2v) is 7.01. The third kappa shape index (κ3) is 2.70. The predicted octanol–water partition coefficient (Wildman–Crippen LogP) is 1.76. The minimum atomic E-state index is -1.58. The Morgan fingerprint density at radius 1 is 1.12 bits per heavy atom. The van der Waals surface area contributed by atoms with E-state index in [0.29, 0.717) is 5.03 Å². The summed E-state index contributed by atoms with van der Waals surface area (Å²) in [4.78, 5) is 17.8. The number of carbonyl (C=O) groups excluding carboxylic acids is 1. The van der Waals surface area contributed by atoms with Gasteiger partial charge in [0.2, 0.25) is 0 Å². The third-order valence-electron chi connectivity index (χ3n) is 3.95. The topological polar surface area (TPSA) is 80.1 Å². The molecule has 1 amide bonds. The van der Waals surface area contributed by atoms with Gasteiger partial charge in [-0.1, -0.05) is 6.07 Å². The van der Waals surface area contributed by atoms with Gasteiger partial charge < -0.3 is 4.90 Å². The summed E-state index contributed by atoms with van der Waals surface area (Å²) in [6, 6.07) is 9.84. The van der Waals surface area contributed by atoms with Gasteiger partial charge in [0, 0.05) is 37.3 Å². The molecule has 0 aliphatic carbocycles. The summed E-state index contributed by atoms with van der Waals surface area (Å²) in [6.45, 7) is 0.